The molecule has 1 aromatic heterocycles. The molecule has 1 aliphatic rings. The molecular formula is C21H17FN4O4S. The molecule has 0 bridgehead atoms. The molecule has 0 saturated carbocycles. The van der Waals surface area contributed by atoms with E-state index in [4.69, 9.17) is 9.47 Å². The third kappa shape index (κ3) is 5.48. The number of anilines is 1. The van der Waals surface area contributed by atoms with E-state index in [0.717, 1.165) is 11.6 Å². The summed E-state index contributed by atoms with van der Waals surface area (Å²) in [6.07, 6.45) is 0. The lowest BCUT2D eigenvalue weighted by Crippen LogP contribution is -2.24. The Labute approximate surface area is 181 Å². The molecule has 0 fully saturated rings. The largest absolute Gasteiger partial charge is 0.454 e. The molecule has 0 saturated heterocycles. The molecule has 8 nitrogen and oxygen atoms in total. The third-order valence-electron chi connectivity index (χ3n) is 4.25. The monoisotopic (exact) mass is 440 g/mol. The van der Waals surface area contributed by atoms with Gasteiger partial charge in [0.1, 0.15) is 10.8 Å². The predicted molar refractivity (Wildman–Crippen MR) is 112 cm³/mol. The first-order valence-corrected chi connectivity index (χ1v) is 10.2. The van der Waals surface area contributed by atoms with Gasteiger partial charge in [0, 0.05) is 12.1 Å². The molecule has 1 aliphatic heterocycles. The molecule has 3 aromatic rings. The maximum Gasteiger partial charge on any atom is 0.256 e. The number of carbonyl (C=O) groups is 2. The fourth-order valence-electron chi connectivity index (χ4n) is 2.72. The van der Waals surface area contributed by atoms with Crippen LogP contribution in [0.1, 0.15) is 15.9 Å². The van der Waals surface area contributed by atoms with E-state index in [1.165, 1.54) is 30.0 Å². The number of aromatic nitrogens is 2. The second-order valence-corrected chi connectivity index (χ2v) is 7.47. The molecule has 10 heteroatoms. The van der Waals surface area contributed by atoms with Crippen molar-refractivity contribution in [3.05, 3.63) is 71.5 Å². The highest BCUT2D eigenvalue weighted by atomic mass is 32.2. The normalized spacial score (nSPS) is 11.8. The molecule has 2 heterocycles. The first kappa shape index (κ1) is 20.6. The molecule has 0 atom stereocenters. The van der Waals surface area contributed by atoms with E-state index >= 15 is 0 Å². The molecule has 0 spiro atoms. The summed E-state index contributed by atoms with van der Waals surface area (Å²) < 4.78 is 23.8. The predicted octanol–water partition coefficient (Wildman–Crippen LogP) is 3.01. The number of thioether (sulfide) groups is 1. The van der Waals surface area contributed by atoms with Crippen molar-refractivity contribution in [2.24, 2.45) is 0 Å². The van der Waals surface area contributed by atoms with Gasteiger partial charge >= 0.3 is 0 Å². The summed E-state index contributed by atoms with van der Waals surface area (Å²) in [6, 6.07) is 14.1. The van der Waals surface area contributed by atoms with Crippen LogP contribution in [0, 0.1) is 5.82 Å². The number of carbonyl (C=O) groups excluding carboxylic acids is 2. The van der Waals surface area contributed by atoms with Gasteiger partial charge in [-0.25, -0.2) is 4.39 Å². The van der Waals surface area contributed by atoms with Crippen LogP contribution in [0.4, 0.5) is 10.2 Å². The molecular weight excluding hydrogens is 423 g/mol. The average Bonchev–Trinajstić information content (AvgIpc) is 3.25. The standard InChI is InChI=1S/C21H17FN4O4S/c22-15-3-1-2-14(9-15)21(28)24-18-6-7-20(26-25-18)31-11-19(27)23-10-13-4-5-16-17(8-13)30-12-29-16/h1-9H,10-12H2,(H,23,27)(H,24,25,28). The van der Waals surface area contributed by atoms with Gasteiger partial charge in [0.05, 0.1) is 5.75 Å². The summed E-state index contributed by atoms with van der Waals surface area (Å²) in [7, 11) is 0. The van der Waals surface area contributed by atoms with Gasteiger partial charge in [0.2, 0.25) is 12.7 Å². The van der Waals surface area contributed by atoms with Crippen LogP contribution in [0.3, 0.4) is 0 Å². The van der Waals surface area contributed by atoms with Gasteiger partial charge in [-0.1, -0.05) is 23.9 Å². The van der Waals surface area contributed by atoms with E-state index in [0.29, 0.717) is 23.1 Å². The van der Waals surface area contributed by atoms with Crippen LogP contribution in [0.2, 0.25) is 0 Å². The van der Waals surface area contributed by atoms with E-state index in [9.17, 15) is 14.0 Å². The van der Waals surface area contributed by atoms with Crippen molar-refractivity contribution < 1.29 is 23.5 Å². The van der Waals surface area contributed by atoms with E-state index in [2.05, 4.69) is 20.8 Å². The minimum Gasteiger partial charge on any atom is -0.454 e. The van der Waals surface area contributed by atoms with E-state index in [1.54, 1.807) is 12.1 Å². The van der Waals surface area contributed by atoms with Crippen molar-refractivity contribution in [2.75, 3.05) is 17.9 Å². The lowest BCUT2D eigenvalue weighted by atomic mass is 10.2. The summed E-state index contributed by atoms with van der Waals surface area (Å²) in [5, 5.41) is 13.8. The van der Waals surface area contributed by atoms with Gasteiger partial charge < -0.3 is 20.1 Å². The van der Waals surface area contributed by atoms with Crippen molar-refractivity contribution in [3.8, 4) is 11.5 Å². The van der Waals surface area contributed by atoms with Crippen molar-refractivity contribution in [1.29, 1.82) is 0 Å². The number of benzene rings is 2. The minimum absolute atomic E-state index is 0.159. The number of fused-ring (bicyclic) bond motifs is 1. The number of hydrogen-bond acceptors (Lipinski definition) is 7. The van der Waals surface area contributed by atoms with Crippen molar-refractivity contribution in [2.45, 2.75) is 11.6 Å². The number of halogens is 1. The molecule has 4 rings (SSSR count). The van der Waals surface area contributed by atoms with Gasteiger partial charge in [-0.05, 0) is 48.0 Å². The minimum atomic E-state index is -0.498. The van der Waals surface area contributed by atoms with Gasteiger partial charge in [-0.2, -0.15) is 0 Å². The molecule has 158 valence electrons. The lowest BCUT2D eigenvalue weighted by Gasteiger charge is -2.07. The van der Waals surface area contributed by atoms with E-state index < -0.39 is 11.7 Å². The van der Waals surface area contributed by atoms with Crippen LogP contribution in [0.15, 0.2) is 59.6 Å². The maximum atomic E-state index is 13.2. The third-order valence-corrected chi connectivity index (χ3v) is 5.17. The van der Waals surface area contributed by atoms with Crippen LogP contribution in [0.5, 0.6) is 11.5 Å². The molecule has 2 aromatic carbocycles. The zero-order valence-electron chi connectivity index (χ0n) is 16.1. The second kappa shape index (κ2) is 9.43. The number of nitrogens with zero attached hydrogens (tertiary/aromatic N) is 2. The Morgan fingerprint density at radius 3 is 2.71 bits per heavy atom. The smallest absolute Gasteiger partial charge is 0.256 e. The highest BCUT2D eigenvalue weighted by Gasteiger charge is 2.14. The molecule has 0 unspecified atom stereocenters. The summed E-state index contributed by atoms with van der Waals surface area (Å²) in [5.41, 5.74) is 1.08. The maximum absolute atomic E-state index is 13.2. The van der Waals surface area contributed by atoms with Gasteiger partial charge in [0.25, 0.3) is 5.91 Å². The first-order chi connectivity index (χ1) is 15.1. The van der Waals surface area contributed by atoms with Gasteiger partial charge in [-0.3, -0.25) is 9.59 Å². The Morgan fingerprint density at radius 2 is 1.90 bits per heavy atom. The Morgan fingerprint density at radius 1 is 1.03 bits per heavy atom. The average molecular weight is 440 g/mol. The quantitative estimate of drug-likeness (QED) is 0.545. The molecule has 0 aliphatic carbocycles. The topological polar surface area (TPSA) is 102 Å². The van der Waals surface area contributed by atoms with Crippen LogP contribution >= 0.6 is 11.8 Å². The Hall–Kier alpha value is -3.66. The second-order valence-electron chi connectivity index (χ2n) is 6.47. The van der Waals surface area contributed by atoms with Crippen molar-refractivity contribution in [3.63, 3.8) is 0 Å². The number of ether oxygens (including phenoxy) is 2. The van der Waals surface area contributed by atoms with Crippen molar-refractivity contribution in [1.82, 2.24) is 15.5 Å². The van der Waals surface area contributed by atoms with Gasteiger partial charge in [-0.15, -0.1) is 10.2 Å². The highest BCUT2D eigenvalue weighted by Crippen LogP contribution is 2.32. The molecule has 2 amide bonds. The van der Waals surface area contributed by atoms with Crippen LogP contribution in [0.25, 0.3) is 0 Å². The van der Waals surface area contributed by atoms with Gasteiger partial charge in [0.15, 0.2) is 17.3 Å². The first-order valence-electron chi connectivity index (χ1n) is 9.25. The number of amides is 2. The van der Waals surface area contributed by atoms with E-state index in [1.807, 2.05) is 18.2 Å². The zero-order chi connectivity index (χ0) is 21.6. The summed E-state index contributed by atoms with van der Waals surface area (Å²) in [6.45, 7) is 0.572. The summed E-state index contributed by atoms with van der Waals surface area (Å²) in [4.78, 5) is 24.2. The van der Waals surface area contributed by atoms with Crippen molar-refractivity contribution >= 4 is 29.4 Å². The van der Waals surface area contributed by atoms with Crippen LogP contribution in [-0.4, -0.2) is 34.6 Å². The summed E-state index contributed by atoms with van der Waals surface area (Å²) >= 11 is 1.22. The Bertz CT molecular complexity index is 1110. The Kier molecular flexibility index (Phi) is 6.27. The molecule has 31 heavy (non-hydrogen) atoms. The SMILES string of the molecule is O=C(CSc1ccc(NC(=O)c2cccc(F)c2)nn1)NCc1ccc2c(c1)OCO2. The highest BCUT2D eigenvalue weighted by molar-refractivity contribution is 7.99. The Balaban J connectivity index is 1.23. The summed E-state index contributed by atoms with van der Waals surface area (Å²) in [5.74, 6) is 0.604. The molecule has 0 radical (unpaired) electrons. The van der Waals surface area contributed by atoms with E-state index in [-0.39, 0.29) is 29.8 Å². The number of rotatable bonds is 7. The van der Waals surface area contributed by atoms with Crippen LogP contribution < -0.4 is 20.1 Å². The lowest BCUT2D eigenvalue weighted by molar-refractivity contribution is -0.118. The zero-order valence-corrected chi connectivity index (χ0v) is 16.9. The fraction of sp³-hybridized carbons (Fsp3) is 0.143. The number of hydrogen-bond donors (Lipinski definition) is 2. The number of nitrogens with one attached hydrogen (secondary N) is 2. The molecule has 2 N–H and O–H groups in total. The fourth-order valence-corrected chi connectivity index (χ4v) is 3.37. The van der Waals surface area contributed by atoms with Crippen LogP contribution in [-0.2, 0) is 11.3 Å².